The smallest absolute Gasteiger partial charge is 0.244 e. The summed E-state index contributed by atoms with van der Waals surface area (Å²) >= 11 is 3.56. The molecule has 0 bridgehead atoms. The Labute approximate surface area is 133 Å². The van der Waals surface area contributed by atoms with Gasteiger partial charge in [-0.15, -0.1) is 0 Å². The monoisotopic (exact) mass is 349 g/mol. The Hall–Kier alpha value is -1.20. The number of hydrogen-bond donors (Lipinski definition) is 1. The number of nitrogens with zero attached hydrogens (tertiary/aromatic N) is 2. The Bertz CT molecular complexity index is 623. The van der Waals surface area contributed by atoms with Gasteiger partial charge in [-0.25, -0.2) is 0 Å². The van der Waals surface area contributed by atoms with E-state index >= 15 is 0 Å². The molecule has 21 heavy (non-hydrogen) atoms. The van der Waals surface area contributed by atoms with Gasteiger partial charge in [0.05, 0.1) is 6.04 Å². The van der Waals surface area contributed by atoms with Gasteiger partial charge in [-0.3, -0.25) is 0 Å². The Kier molecular flexibility index (Phi) is 4.13. The van der Waals surface area contributed by atoms with Crippen LogP contribution in [0.1, 0.15) is 50.0 Å². The number of aromatic nitrogens is 2. The highest BCUT2D eigenvalue weighted by Crippen LogP contribution is 2.39. The van der Waals surface area contributed by atoms with Crippen LogP contribution in [0.25, 0.3) is 0 Å². The fraction of sp³-hybridized carbons (Fsp3) is 0.500. The lowest BCUT2D eigenvalue weighted by molar-refractivity contribution is 0.146. The van der Waals surface area contributed by atoms with Crippen LogP contribution in [-0.4, -0.2) is 16.7 Å². The maximum atomic E-state index is 5.51. The van der Waals surface area contributed by atoms with E-state index in [-0.39, 0.29) is 11.5 Å². The Morgan fingerprint density at radius 1 is 1.38 bits per heavy atom. The molecule has 5 heteroatoms. The van der Waals surface area contributed by atoms with Crippen LogP contribution in [0, 0.1) is 5.41 Å². The van der Waals surface area contributed by atoms with E-state index in [0.717, 1.165) is 16.8 Å². The molecule has 0 radical (unpaired) electrons. The lowest BCUT2D eigenvalue weighted by Crippen LogP contribution is -2.39. The van der Waals surface area contributed by atoms with Gasteiger partial charge >= 0.3 is 0 Å². The normalized spacial score (nSPS) is 21.4. The van der Waals surface area contributed by atoms with E-state index in [9.17, 15) is 0 Å². The number of piperidine rings is 1. The molecule has 1 N–H and O–H groups in total. The summed E-state index contributed by atoms with van der Waals surface area (Å²) in [6, 6.07) is 8.27. The third-order valence-electron chi connectivity index (χ3n) is 4.16. The molecule has 2 heterocycles. The van der Waals surface area contributed by atoms with E-state index in [1.807, 2.05) is 18.2 Å². The molecular weight excluding hydrogens is 330 g/mol. The molecule has 0 saturated carbocycles. The van der Waals surface area contributed by atoms with Crippen molar-refractivity contribution in [1.82, 2.24) is 15.5 Å². The van der Waals surface area contributed by atoms with Crippen LogP contribution >= 0.6 is 15.9 Å². The summed E-state index contributed by atoms with van der Waals surface area (Å²) in [6.45, 7) is 5.51. The molecule has 4 nitrogen and oxygen atoms in total. The van der Waals surface area contributed by atoms with E-state index in [2.05, 4.69) is 51.3 Å². The first kappa shape index (κ1) is 14.7. The van der Waals surface area contributed by atoms with E-state index < -0.39 is 0 Å². The molecule has 1 atom stereocenters. The minimum atomic E-state index is 0.145. The van der Waals surface area contributed by atoms with E-state index in [1.54, 1.807) is 0 Å². The van der Waals surface area contributed by atoms with Gasteiger partial charge in [0.1, 0.15) is 0 Å². The average Bonchev–Trinajstić information content (AvgIpc) is 2.89. The van der Waals surface area contributed by atoms with Crippen molar-refractivity contribution in [3.05, 3.63) is 46.0 Å². The Morgan fingerprint density at radius 3 is 2.95 bits per heavy atom. The van der Waals surface area contributed by atoms with Crippen molar-refractivity contribution in [3.8, 4) is 0 Å². The Balaban J connectivity index is 1.79. The lowest BCUT2D eigenvalue weighted by atomic mass is 9.77. The topological polar surface area (TPSA) is 51.0 Å². The highest BCUT2D eigenvalue weighted by Gasteiger charge is 2.36. The zero-order chi connectivity index (χ0) is 14.9. The molecule has 1 fully saturated rings. The average molecular weight is 350 g/mol. The van der Waals surface area contributed by atoms with Gasteiger partial charge in [0.25, 0.3) is 0 Å². The zero-order valence-electron chi connectivity index (χ0n) is 12.4. The minimum absolute atomic E-state index is 0.145. The second-order valence-corrected chi connectivity index (χ2v) is 7.15. The molecule has 3 rings (SSSR count). The van der Waals surface area contributed by atoms with Crippen molar-refractivity contribution in [2.45, 2.75) is 39.2 Å². The fourth-order valence-corrected chi connectivity index (χ4v) is 3.33. The molecule has 1 saturated heterocycles. The van der Waals surface area contributed by atoms with Gasteiger partial charge in [0, 0.05) is 10.9 Å². The van der Waals surface area contributed by atoms with Crippen LogP contribution in [0.5, 0.6) is 0 Å². The van der Waals surface area contributed by atoms with Crippen molar-refractivity contribution in [1.29, 1.82) is 0 Å². The van der Waals surface area contributed by atoms with E-state index in [0.29, 0.717) is 12.3 Å². The number of hydrogen-bond acceptors (Lipinski definition) is 4. The molecule has 1 aromatic carbocycles. The standard InChI is InChI=1S/C16H20BrN3O/c1-16(2)8-5-9-18-14(16)15-19-13(20-21-15)10-11-6-3-4-7-12(11)17/h3-4,6-7,14,18H,5,8-10H2,1-2H3. The first-order valence-electron chi connectivity index (χ1n) is 7.35. The summed E-state index contributed by atoms with van der Waals surface area (Å²) in [6.07, 6.45) is 3.05. The molecule has 1 aliphatic heterocycles. The maximum Gasteiger partial charge on any atom is 0.244 e. The largest absolute Gasteiger partial charge is 0.338 e. The molecule has 1 aromatic heterocycles. The number of rotatable bonds is 3. The SMILES string of the molecule is CC1(C)CCCNC1c1nc(Cc2ccccc2Br)no1. The van der Waals surface area contributed by atoms with Gasteiger partial charge in [0.15, 0.2) is 5.82 Å². The maximum absolute atomic E-state index is 5.51. The summed E-state index contributed by atoms with van der Waals surface area (Å²) in [5.74, 6) is 1.45. The van der Waals surface area contributed by atoms with Crippen LogP contribution in [0.3, 0.4) is 0 Å². The minimum Gasteiger partial charge on any atom is -0.338 e. The highest BCUT2D eigenvalue weighted by atomic mass is 79.9. The van der Waals surface area contributed by atoms with Crippen LogP contribution < -0.4 is 5.32 Å². The van der Waals surface area contributed by atoms with Crippen LogP contribution in [-0.2, 0) is 6.42 Å². The van der Waals surface area contributed by atoms with Gasteiger partial charge in [-0.2, -0.15) is 4.98 Å². The fourth-order valence-electron chi connectivity index (χ4n) is 2.90. The molecule has 0 amide bonds. The van der Waals surface area contributed by atoms with Crippen LogP contribution in [0.2, 0.25) is 0 Å². The zero-order valence-corrected chi connectivity index (χ0v) is 14.0. The highest BCUT2D eigenvalue weighted by molar-refractivity contribution is 9.10. The number of nitrogens with one attached hydrogen (secondary N) is 1. The van der Waals surface area contributed by atoms with Crippen LogP contribution in [0.15, 0.2) is 33.3 Å². The molecule has 0 spiro atoms. The number of halogens is 1. The van der Waals surface area contributed by atoms with Gasteiger partial charge in [-0.1, -0.05) is 53.1 Å². The van der Waals surface area contributed by atoms with Gasteiger partial charge < -0.3 is 9.84 Å². The van der Waals surface area contributed by atoms with Gasteiger partial charge in [-0.05, 0) is 36.4 Å². The summed E-state index contributed by atoms with van der Waals surface area (Å²) in [5, 5.41) is 7.66. The number of benzene rings is 1. The van der Waals surface area contributed by atoms with Gasteiger partial charge in [0.2, 0.25) is 5.89 Å². The Morgan fingerprint density at radius 2 is 2.19 bits per heavy atom. The molecule has 0 aliphatic carbocycles. The lowest BCUT2D eigenvalue weighted by Gasteiger charge is -2.36. The first-order valence-corrected chi connectivity index (χ1v) is 8.15. The van der Waals surface area contributed by atoms with Crippen molar-refractivity contribution >= 4 is 15.9 Å². The van der Waals surface area contributed by atoms with Crippen molar-refractivity contribution in [3.63, 3.8) is 0 Å². The van der Waals surface area contributed by atoms with E-state index in [4.69, 9.17) is 4.52 Å². The first-order chi connectivity index (χ1) is 10.1. The summed E-state index contributed by atoms with van der Waals surface area (Å²) < 4.78 is 6.59. The third kappa shape index (κ3) is 3.19. The molecule has 1 unspecified atom stereocenters. The summed E-state index contributed by atoms with van der Waals surface area (Å²) in [4.78, 5) is 4.60. The third-order valence-corrected chi connectivity index (χ3v) is 4.94. The van der Waals surface area contributed by atoms with Crippen molar-refractivity contribution < 1.29 is 4.52 Å². The van der Waals surface area contributed by atoms with Crippen LogP contribution in [0.4, 0.5) is 0 Å². The predicted molar refractivity (Wildman–Crippen MR) is 85.0 cm³/mol. The second kappa shape index (κ2) is 5.89. The van der Waals surface area contributed by atoms with E-state index in [1.165, 1.54) is 18.4 Å². The van der Waals surface area contributed by atoms with Crippen molar-refractivity contribution in [2.75, 3.05) is 6.54 Å². The quantitative estimate of drug-likeness (QED) is 0.913. The predicted octanol–water partition coefficient (Wildman–Crippen LogP) is 3.87. The molecule has 1 aliphatic rings. The molecule has 112 valence electrons. The summed E-state index contributed by atoms with van der Waals surface area (Å²) in [5.41, 5.74) is 1.32. The molecule has 2 aromatic rings. The summed E-state index contributed by atoms with van der Waals surface area (Å²) in [7, 11) is 0. The molecular formula is C16H20BrN3O. The van der Waals surface area contributed by atoms with Crippen molar-refractivity contribution in [2.24, 2.45) is 5.41 Å². The second-order valence-electron chi connectivity index (χ2n) is 6.30.